The molecule has 0 radical (unpaired) electrons. The lowest BCUT2D eigenvalue weighted by Gasteiger charge is -2.20. The van der Waals surface area contributed by atoms with Crippen molar-refractivity contribution >= 4 is 33.2 Å². The Morgan fingerprint density at radius 3 is 2.21 bits per heavy atom. The van der Waals surface area contributed by atoms with Crippen LogP contribution < -0.4 is 9.62 Å². The molecule has 4 rings (SSSR count). The number of carbonyl (C=O) groups excluding carboxylic acids is 1. The van der Waals surface area contributed by atoms with Crippen molar-refractivity contribution < 1.29 is 13.2 Å². The number of sulfonamides is 1. The van der Waals surface area contributed by atoms with Gasteiger partial charge in [0.05, 0.1) is 10.6 Å². The maximum absolute atomic E-state index is 12.9. The number of anilines is 1. The smallest absolute Gasteiger partial charge is 0.264 e. The number of benzene rings is 3. The second kappa shape index (κ2) is 10.6. The van der Waals surface area contributed by atoms with Crippen LogP contribution in [0.2, 0.25) is 5.02 Å². The van der Waals surface area contributed by atoms with Crippen LogP contribution in [0, 0.1) is 0 Å². The fourth-order valence-corrected chi connectivity index (χ4v) is 5.39. The minimum absolute atomic E-state index is 0.147. The Bertz CT molecular complexity index is 1240. The Morgan fingerprint density at radius 2 is 1.56 bits per heavy atom. The summed E-state index contributed by atoms with van der Waals surface area (Å²) in [6, 6.07) is 20.7. The van der Waals surface area contributed by atoms with E-state index < -0.39 is 10.0 Å². The molecule has 1 amide bonds. The third kappa shape index (κ3) is 5.60. The van der Waals surface area contributed by atoms with Gasteiger partial charge >= 0.3 is 0 Å². The Morgan fingerprint density at radius 1 is 0.941 bits per heavy atom. The molecule has 0 saturated carbocycles. The summed E-state index contributed by atoms with van der Waals surface area (Å²) in [5.41, 5.74) is 3.27. The van der Waals surface area contributed by atoms with E-state index in [0.29, 0.717) is 22.8 Å². The number of hydrogen-bond acceptors (Lipinski definition) is 4. The van der Waals surface area contributed by atoms with E-state index in [1.807, 2.05) is 18.2 Å². The summed E-state index contributed by atoms with van der Waals surface area (Å²) >= 11 is 5.87. The molecule has 0 spiro atoms. The number of nitrogens with zero attached hydrogens (tertiary/aromatic N) is 2. The van der Waals surface area contributed by atoms with Gasteiger partial charge < -0.3 is 5.32 Å². The molecule has 1 fully saturated rings. The Hall–Kier alpha value is -2.87. The number of nitrogens with one attached hydrogen (secondary N) is 1. The van der Waals surface area contributed by atoms with E-state index in [-0.39, 0.29) is 10.8 Å². The van der Waals surface area contributed by atoms with Gasteiger partial charge in [-0.15, -0.1) is 0 Å². The molecule has 3 aromatic rings. The topological polar surface area (TPSA) is 69.7 Å². The molecule has 1 aliphatic rings. The first-order chi connectivity index (χ1) is 16.3. The van der Waals surface area contributed by atoms with E-state index in [0.717, 1.165) is 25.2 Å². The molecule has 0 atom stereocenters. The highest BCUT2D eigenvalue weighted by atomic mass is 35.5. The van der Waals surface area contributed by atoms with Crippen molar-refractivity contribution in [2.75, 3.05) is 24.4 Å². The zero-order valence-electron chi connectivity index (χ0n) is 19.1. The maximum Gasteiger partial charge on any atom is 0.264 e. The van der Waals surface area contributed by atoms with Gasteiger partial charge in [-0.05, 0) is 85.6 Å². The minimum Gasteiger partial charge on any atom is -0.348 e. The van der Waals surface area contributed by atoms with Gasteiger partial charge in [0.25, 0.3) is 15.9 Å². The molecule has 1 saturated heterocycles. The van der Waals surface area contributed by atoms with Crippen molar-refractivity contribution in [1.82, 2.24) is 10.2 Å². The molecule has 178 valence electrons. The normalized spacial score (nSPS) is 14.2. The third-order valence-corrected chi connectivity index (χ3v) is 8.17. The summed E-state index contributed by atoms with van der Waals surface area (Å²) in [4.78, 5) is 15.3. The summed E-state index contributed by atoms with van der Waals surface area (Å²) < 4.78 is 26.9. The second-order valence-electron chi connectivity index (χ2n) is 8.41. The minimum atomic E-state index is -3.73. The lowest BCUT2D eigenvalue weighted by molar-refractivity contribution is 0.0950. The molecule has 1 aliphatic heterocycles. The highest BCUT2D eigenvalue weighted by molar-refractivity contribution is 7.92. The highest BCUT2D eigenvalue weighted by Crippen LogP contribution is 2.24. The zero-order valence-corrected chi connectivity index (χ0v) is 20.6. The number of carbonyl (C=O) groups is 1. The molecule has 0 unspecified atom stereocenters. The van der Waals surface area contributed by atoms with E-state index in [4.69, 9.17) is 11.6 Å². The predicted molar refractivity (Wildman–Crippen MR) is 136 cm³/mol. The SMILES string of the molecule is CN(c1ccc(C(=O)NCc2ccccc2CN2CCCC2)cc1)S(=O)(=O)c1ccc(Cl)cc1. The Kier molecular flexibility index (Phi) is 7.56. The van der Waals surface area contributed by atoms with Crippen LogP contribution in [0.15, 0.2) is 77.7 Å². The van der Waals surface area contributed by atoms with Gasteiger partial charge in [0.1, 0.15) is 0 Å². The van der Waals surface area contributed by atoms with Gasteiger partial charge in [0.2, 0.25) is 0 Å². The van der Waals surface area contributed by atoms with Gasteiger partial charge in [-0.1, -0.05) is 35.9 Å². The average molecular weight is 498 g/mol. The number of halogens is 1. The van der Waals surface area contributed by atoms with Crippen LogP contribution in [0.1, 0.15) is 34.3 Å². The largest absolute Gasteiger partial charge is 0.348 e. The molecular formula is C26H28ClN3O3S. The van der Waals surface area contributed by atoms with Crippen LogP contribution in [-0.4, -0.2) is 39.4 Å². The first-order valence-corrected chi connectivity index (χ1v) is 13.1. The molecule has 0 aliphatic carbocycles. The van der Waals surface area contributed by atoms with Gasteiger partial charge in [-0.25, -0.2) is 8.42 Å². The number of rotatable bonds is 8. The summed E-state index contributed by atoms with van der Waals surface area (Å²) in [5, 5.41) is 3.46. The third-order valence-electron chi connectivity index (χ3n) is 6.12. The first kappa shape index (κ1) is 24.3. The molecule has 8 heteroatoms. The Labute approximate surface area is 206 Å². The number of likely N-dealkylation sites (tertiary alicyclic amines) is 1. The molecular weight excluding hydrogens is 470 g/mol. The summed E-state index contributed by atoms with van der Waals surface area (Å²) in [5.74, 6) is -0.203. The number of hydrogen-bond donors (Lipinski definition) is 1. The van der Waals surface area contributed by atoms with Crippen molar-refractivity contribution in [3.05, 3.63) is 94.5 Å². The van der Waals surface area contributed by atoms with Gasteiger partial charge in [-0.3, -0.25) is 14.0 Å². The van der Waals surface area contributed by atoms with Crippen molar-refractivity contribution in [2.45, 2.75) is 30.8 Å². The summed E-state index contributed by atoms with van der Waals surface area (Å²) in [7, 11) is -2.25. The van der Waals surface area contributed by atoms with E-state index in [1.54, 1.807) is 36.4 Å². The number of amides is 1. The van der Waals surface area contributed by atoms with E-state index >= 15 is 0 Å². The van der Waals surface area contributed by atoms with E-state index in [9.17, 15) is 13.2 Å². The van der Waals surface area contributed by atoms with Crippen LogP contribution in [0.3, 0.4) is 0 Å². The molecule has 34 heavy (non-hydrogen) atoms. The average Bonchev–Trinajstić information content (AvgIpc) is 3.36. The fraction of sp³-hybridized carbons (Fsp3) is 0.269. The molecule has 6 nitrogen and oxygen atoms in total. The fourth-order valence-electron chi connectivity index (χ4n) is 4.07. The maximum atomic E-state index is 12.9. The monoisotopic (exact) mass is 497 g/mol. The standard InChI is InChI=1S/C26H28ClN3O3S/c1-29(34(32,33)25-14-10-23(27)11-15-25)24-12-8-20(9-13-24)26(31)28-18-21-6-2-3-7-22(21)19-30-16-4-5-17-30/h2-3,6-15H,4-5,16-19H2,1H3,(H,28,31). The van der Waals surface area contributed by atoms with Crippen LogP contribution in [-0.2, 0) is 23.1 Å². The molecule has 3 aromatic carbocycles. The lowest BCUT2D eigenvalue weighted by atomic mass is 10.1. The Balaban J connectivity index is 1.40. The van der Waals surface area contributed by atoms with Crippen molar-refractivity contribution in [2.24, 2.45) is 0 Å². The lowest BCUT2D eigenvalue weighted by Crippen LogP contribution is -2.27. The predicted octanol–water partition coefficient (Wildman–Crippen LogP) is 4.69. The summed E-state index contributed by atoms with van der Waals surface area (Å²) in [6.07, 6.45) is 2.48. The molecule has 0 aromatic heterocycles. The quantitative estimate of drug-likeness (QED) is 0.490. The molecule has 1 N–H and O–H groups in total. The highest BCUT2D eigenvalue weighted by Gasteiger charge is 2.21. The van der Waals surface area contributed by atoms with Gasteiger partial charge in [0.15, 0.2) is 0 Å². The van der Waals surface area contributed by atoms with E-state index in [2.05, 4.69) is 16.3 Å². The second-order valence-corrected chi connectivity index (χ2v) is 10.8. The zero-order chi connectivity index (χ0) is 24.1. The van der Waals surface area contributed by atoms with Crippen LogP contribution >= 0.6 is 11.6 Å². The first-order valence-electron chi connectivity index (χ1n) is 11.3. The molecule has 0 bridgehead atoms. The summed E-state index contributed by atoms with van der Waals surface area (Å²) in [6.45, 7) is 3.58. The van der Waals surface area contributed by atoms with Crippen molar-refractivity contribution in [1.29, 1.82) is 0 Å². The molecule has 1 heterocycles. The van der Waals surface area contributed by atoms with Gasteiger partial charge in [-0.2, -0.15) is 0 Å². The van der Waals surface area contributed by atoms with E-state index in [1.165, 1.54) is 41.9 Å². The van der Waals surface area contributed by atoms with Crippen LogP contribution in [0.4, 0.5) is 5.69 Å². The van der Waals surface area contributed by atoms with Crippen molar-refractivity contribution in [3.63, 3.8) is 0 Å². The van der Waals surface area contributed by atoms with Crippen molar-refractivity contribution in [3.8, 4) is 0 Å². The van der Waals surface area contributed by atoms with Crippen LogP contribution in [0.5, 0.6) is 0 Å². The van der Waals surface area contributed by atoms with Crippen LogP contribution in [0.25, 0.3) is 0 Å². The van der Waals surface area contributed by atoms with Gasteiger partial charge in [0, 0.05) is 30.7 Å².